The number of nitrogens with one attached hydrogen (secondary N) is 2. The van der Waals surface area contributed by atoms with Gasteiger partial charge in [0.05, 0.1) is 23.9 Å². The van der Waals surface area contributed by atoms with E-state index in [1.807, 2.05) is 0 Å². The van der Waals surface area contributed by atoms with Crippen LogP contribution >= 0.6 is 7.52 Å². The number of anilines is 2. The van der Waals surface area contributed by atoms with Crippen LogP contribution in [-0.2, 0) is 25.7 Å². The Morgan fingerprint density at radius 2 is 1.86 bits per heavy atom. The first-order valence-electron chi connectivity index (χ1n) is 11.3. The first-order chi connectivity index (χ1) is 15.9. The molecular formula is C23H35N4O6PS. The molecule has 2 heterocycles. The average molecular weight is 527 g/mol. The SMILES string of the molecule is CCOP1(=O)N=C(c2c(O)cn(CC(C)(C)CC(C)(C)C)c2O)Nc2ccc(NS(C)(=O)=O)cc21. The number of rotatable bonds is 8. The number of sulfonamides is 1. The summed E-state index contributed by atoms with van der Waals surface area (Å²) in [6.07, 6.45) is 3.32. The van der Waals surface area contributed by atoms with Crippen molar-refractivity contribution in [3.63, 3.8) is 0 Å². The van der Waals surface area contributed by atoms with Crippen molar-refractivity contribution in [2.24, 2.45) is 15.6 Å². The van der Waals surface area contributed by atoms with Gasteiger partial charge in [-0.25, -0.2) is 8.42 Å². The molecule has 1 aromatic heterocycles. The van der Waals surface area contributed by atoms with Crippen LogP contribution in [0.5, 0.6) is 11.6 Å². The molecule has 3 rings (SSSR count). The summed E-state index contributed by atoms with van der Waals surface area (Å²) in [5, 5.41) is 24.9. The van der Waals surface area contributed by atoms with Crippen LogP contribution in [0.25, 0.3) is 0 Å². The molecule has 1 aliphatic heterocycles. The molecule has 0 bridgehead atoms. The fraction of sp³-hybridized carbons (Fsp3) is 0.522. The van der Waals surface area contributed by atoms with Crippen molar-refractivity contribution in [3.8, 4) is 11.6 Å². The highest BCUT2D eigenvalue weighted by Crippen LogP contribution is 2.53. The largest absolute Gasteiger partial charge is 0.505 e. The molecular weight excluding hydrogens is 491 g/mol. The average Bonchev–Trinajstić information content (AvgIpc) is 2.91. The predicted molar refractivity (Wildman–Crippen MR) is 140 cm³/mol. The van der Waals surface area contributed by atoms with Crippen LogP contribution in [0.4, 0.5) is 11.4 Å². The molecule has 10 nitrogen and oxygen atoms in total. The van der Waals surface area contributed by atoms with Crippen LogP contribution in [-0.4, -0.2) is 41.9 Å². The van der Waals surface area contributed by atoms with Gasteiger partial charge in [-0.15, -0.1) is 0 Å². The number of amidine groups is 1. The summed E-state index contributed by atoms with van der Waals surface area (Å²) in [4.78, 5) is 0. The lowest BCUT2D eigenvalue weighted by molar-refractivity contribution is 0.180. The Morgan fingerprint density at radius 1 is 1.20 bits per heavy atom. The summed E-state index contributed by atoms with van der Waals surface area (Å²) in [5.74, 6) is -0.430. The standard InChI is InChI=1S/C23H35N4O6PS/c1-8-33-34(30)18-11-15(26-35(7,31)32)9-10-16(18)24-20(25-34)19-17(28)12-27(21(19)29)14-23(5,6)13-22(2,3)4/h9-12,26,28-29H,8,13-14H2,1-7H3,(H,24,25,30). The minimum Gasteiger partial charge on any atom is -0.505 e. The predicted octanol–water partition coefficient (Wildman–Crippen LogP) is 4.46. The maximum atomic E-state index is 13.8. The van der Waals surface area contributed by atoms with E-state index < -0.39 is 17.5 Å². The molecule has 1 aliphatic rings. The summed E-state index contributed by atoms with van der Waals surface area (Å²) in [6, 6.07) is 4.45. The Kier molecular flexibility index (Phi) is 7.11. The van der Waals surface area contributed by atoms with Crippen LogP contribution < -0.4 is 15.3 Å². The minimum absolute atomic E-state index is 0.000447. The minimum atomic E-state index is -3.86. The van der Waals surface area contributed by atoms with Crippen molar-refractivity contribution in [2.45, 2.75) is 54.5 Å². The van der Waals surface area contributed by atoms with Crippen LogP contribution in [0, 0.1) is 10.8 Å². The van der Waals surface area contributed by atoms with E-state index in [-0.39, 0.29) is 51.5 Å². The fourth-order valence-electron chi connectivity index (χ4n) is 4.70. The van der Waals surface area contributed by atoms with Crippen molar-refractivity contribution in [3.05, 3.63) is 30.0 Å². The fourth-order valence-corrected chi connectivity index (χ4v) is 7.06. The van der Waals surface area contributed by atoms with E-state index >= 15 is 0 Å². The Hall–Kier alpha value is -2.49. The Labute approximate surface area is 207 Å². The topological polar surface area (TPSA) is 142 Å². The van der Waals surface area contributed by atoms with E-state index in [1.54, 1.807) is 17.6 Å². The van der Waals surface area contributed by atoms with E-state index in [9.17, 15) is 23.2 Å². The molecule has 0 aliphatic carbocycles. The molecule has 1 unspecified atom stereocenters. The number of benzene rings is 1. The van der Waals surface area contributed by atoms with E-state index in [2.05, 4.69) is 49.4 Å². The molecule has 0 amide bonds. The smallest absolute Gasteiger partial charge is 0.348 e. The van der Waals surface area contributed by atoms with Gasteiger partial charge in [-0.1, -0.05) is 34.6 Å². The van der Waals surface area contributed by atoms with Gasteiger partial charge in [0.15, 0.2) is 5.84 Å². The van der Waals surface area contributed by atoms with E-state index in [4.69, 9.17) is 4.52 Å². The van der Waals surface area contributed by atoms with Crippen LogP contribution in [0.15, 0.2) is 29.2 Å². The first-order valence-corrected chi connectivity index (χ1v) is 14.8. The molecule has 1 aromatic carbocycles. The van der Waals surface area contributed by atoms with Gasteiger partial charge in [0.25, 0.3) is 0 Å². The first kappa shape index (κ1) is 27.1. The monoisotopic (exact) mass is 526 g/mol. The third kappa shape index (κ3) is 6.39. The molecule has 0 spiro atoms. The Balaban J connectivity index is 2.04. The van der Waals surface area contributed by atoms with Crippen LogP contribution in [0.1, 0.15) is 53.5 Å². The molecule has 12 heteroatoms. The van der Waals surface area contributed by atoms with Gasteiger partial charge in [0, 0.05) is 18.4 Å². The maximum absolute atomic E-state index is 13.8. The van der Waals surface area contributed by atoms with Gasteiger partial charge in [-0.05, 0) is 42.4 Å². The number of aromatic nitrogens is 1. The number of aromatic hydroxyl groups is 2. The highest BCUT2D eigenvalue weighted by atomic mass is 32.2. The Bertz CT molecular complexity index is 1310. The lowest BCUT2D eigenvalue weighted by atomic mass is 9.76. The molecule has 194 valence electrons. The van der Waals surface area contributed by atoms with Crippen molar-refractivity contribution in [1.82, 2.24) is 4.57 Å². The lowest BCUT2D eigenvalue weighted by Gasteiger charge is -2.33. The maximum Gasteiger partial charge on any atom is 0.348 e. The quantitative estimate of drug-likeness (QED) is 0.372. The number of hydrogen-bond donors (Lipinski definition) is 4. The summed E-state index contributed by atoms with van der Waals surface area (Å²) < 4.78 is 50.8. The van der Waals surface area contributed by atoms with Crippen molar-refractivity contribution in [2.75, 3.05) is 22.9 Å². The van der Waals surface area contributed by atoms with E-state index in [1.165, 1.54) is 18.3 Å². The second-order valence-corrected chi connectivity index (χ2v) is 14.6. The van der Waals surface area contributed by atoms with E-state index in [0.29, 0.717) is 12.2 Å². The zero-order valence-corrected chi connectivity index (χ0v) is 22.9. The van der Waals surface area contributed by atoms with Crippen molar-refractivity contribution < 1.29 is 27.7 Å². The van der Waals surface area contributed by atoms with Crippen LogP contribution in [0.2, 0.25) is 0 Å². The van der Waals surface area contributed by atoms with Crippen molar-refractivity contribution in [1.29, 1.82) is 0 Å². The lowest BCUT2D eigenvalue weighted by Crippen LogP contribution is -2.27. The van der Waals surface area contributed by atoms with Gasteiger partial charge in [0.2, 0.25) is 15.9 Å². The zero-order valence-electron chi connectivity index (χ0n) is 21.2. The normalized spacial score (nSPS) is 18.5. The van der Waals surface area contributed by atoms with Gasteiger partial charge < -0.3 is 24.6 Å². The molecule has 0 fully saturated rings. The third-order valence-electron chi connectivity index (χ3n) is 5.27. The molecule has 1 atom stereocenters. The summed E-state index contributed by atoms with van der Waals surface area (Å²) >= 11 is 0. The zero-order chi connectivity index (χ0) is 26.4. The summed E-state index contributed by atoms with van der Waals surface area (Å²) in [5.41, 5.74) is 0.483. The highest BCUT2D eigenvalue weighted by Gasteiger charge is 2.37. The number of hydrogen-bond acceptors (Lipinski definition) is 7. The number of fused-ring (bicyclic) bond motifs is 1. The third-order valence-corrected chi connectivity index (χ3v) is 7.93. The van der Waals surface area contributed by atoms with Crippen molar-refractivity contribution >= 4 is 40.1 Å². The summed E-state index contributed by atoms with van der Waals surface area (Å²) in [7, 11) is -7.41. The van der Waals surface area contributed by atoms with Gasteiger partial charge >= 0.3 is 7.52 Å². The second kappa shape index (κ2) is 9.19. The second-order valence-electron chi connectivity index (χ2n) is 10.9. The molecule has 0 saturated heterocycles. The molecule has 35 heavy (non-hydrogen) atoms. The van der Waals surface area contributed by atoms with Gasteiger partial charge in [-0.3, -0.25) is 9.29 Å². The van der Waals surface area contributed by atoms with Crippen LogP contribution in [0.3, 0.4) is 0 Å². The number of nitrogens with zero attached hydrogens (tertiary/aromatic N) is 2. The van der Waals surface area contributed by atoms with E-state index in [0.717, 1.165) is 12.7 Å². The summed E-state index contributed by atoms with van der Waals surface area (Å²) in [6.45, 7) is 12.8. The highest BCUT2D eigenvalue weighted by molar-refractivity contribution is 7.92. The van der Waals surface area contributed by atoms with Gasteiger partial charge in [-0.2, -0.15) is 4.76 Å². The molecule has 0 radical (unpaired) electrons. The van der Waals surface area contributed by atoms with Gasteiger partial charge in [0.1, 0.15) is 11.3 Å². The molecule has 2 aromatic rings. The Morgan fingerprint density at radius 3 is 2.43 bits per heavy atom. The molecule has 4 N–H and O–H groups in total. The molecule has 0 saturated carbocycles.